The molecule has 0 atom stereocenters. The maximum absolute atomic E-state index is 12.1. The van der Waals surface area contributed by atoms with E-state index in [1.807, 2.05) is 32.0 Å². The number of aromatic nitrogens is 1. The summed E-state index contributed by atoms with van der Waals surface area (Å²) in [7, 11) is 0. The number of rotatable bonds is 5. The van der Waals surface area contributed by atoms with Crippen LogP contribution in [0, 0.1) is 13.8 Å². The van der Waals surface area contributed by atoms with Gasteiger partial charge in [-0.05, 0) is 61.9 Å². The van der Waals surface area contributed by atoms with E-state index in [0.717, 1.165) is 15.3 Å². The number of hydrogen-bond donors (Lipinski definition) is 2. The summed E-state index contributed by atoms with van der Waals surface area (Å²) in [6.07, 6.45) is 3.29. The first-order valence-electron chi connectivity index (χ1n) is 8.34. The fourth-order valence-electron chi connectivity index (χ4n) is 2.39. The van der Waals surface area contributed by atoms with Gasteiger partial charge in [0, 0.05) is 21.6 Å². The normalized spacial score (nSPS) is 10.3. The van der Waals surface area contributed by atoms with Gasteiger partial charge in [-0.1, -0.05) is 0 Å². The number of amides is 2. The minimum Gasteiger partial charge on any atom is -0.455 e. The quantitative estimate of drug-likeness (QED) is 0.659. The Morgan fingerprint density at radius 1 is 1.11 bits per heavy atom. The zero-order chi connectivity index (χ0) is 19.2. The van der Waals surface area contributed by atoms with Gasteiger partial charge in [0.1, 0.15) is 11.5 Å². The van der Waals surface area contributed by atoms with E-state index in [4.69, 9.17) is 4.74 Å². The molecule has 0 aliphatic rings. The van der Waals surface area contributed by atoms with Crippen LogP contribution in [0.2, 0.25) is 0 Å². The van der Waals surface area contributed by atoms with Crippen LogP contribution in [0.1, 0.15) is 15.3 Å². The molecule has 0 radical (unpaired) electrons. The summed E-state index contributed by atoms with van der Waals surface area (Å²) in [5.41, 5.74) is 1.35. The van der Waals surface area contributed by atoms with Crippen molar-refractivity contribution in [3.8, 4) is 11.5 Å². The van der Waals surface area contributed by atoms with Crippen LogP contribution in [0.25, 0.3) is 0 Å². The van der Waals surface area contributed by atoms with Crippen molar-refractivity contribution in [3.63, 3.8) is 0 Å². The smallest absolute Gasteiger partial charge is 0.313 e. The lowest BCUT2D eigenvalue weighted by Crippen LogP contribution is -2.34. The summed E-state index contributed by atoms with van der Waals surface area (Å²) < 4.78 is 5.75. The number of pyridine rings is 1. The number of aryl methyl sites for hydroxylation is 2. The molecular weight excluding hydrogens is 362 g/mol. The molecule has 0 bridgehead atoms. The molecule has 0 saturated heterocycles. The number of carbonyl (C=O) groups excluding carboxylic acids is 2. The first kappa shape index (κ1) is 18.6. The van der Waals surface area contributed by atoms with E-state index >= 15 is 0 Å². The lowest BCUT2D eigenvalue weighted by molar-refractivity contribution is -0.136. The Morgan fingerprint density at radius 2 is 1.96 bits per heavy atom. The predicted molar refractivity (Wildman–Crippen MR) is 105 cm³/mol. The molecule has 0 aliphatic carbocycles. The Hall–Kier alpha value is -3.19. The second-order valence-electron chi connectivity index (χ2n) is 5.92. The van der Waals surface area contributed by atoms with Crippen LogP contribution < -0.4 is 15.4 Å². The van der Waals surface area contributed by atoms with Gasteiger partial charge in [-0.25, -0.2) is 0 Å². The van der Waals surface area contributed by atoms with Crippen LogP contribution >= 0.6 is 11.3 Å². The van der Waals surface area contributed by atoms with Crippen LogP contribution in [0.3, 0.4) is 0 Å². The van der Waals surface area contributed by atoms with Crippen molar-refractivity contribution in [2.24, 2.45) is 0 Å². The molecule has 2 aromatic heterocycles. The number of nitrogens with zero attached hydrogens (tertiary/aromatic N) is 1. The van der Waals surface area contributed by atoms with Gasteiger partial charge in [0.05, 0.1) is 12.7 Å². The molecule has 2 amide bonds. The monoisotopic (exact) mass is 381 g/mol. The van der Waals surface area contributed by atoms with Crippen molar-refractivity contribution >= 4 is 28.8 Å². The van der Waals surface area contributed by atoms with Crippen molar-refractivity contribution < 1.29 is 14.3 Å². The number of ether oxygens (including phenoxy) is 1. The van der Waals surface area contributed by atoms with Gasteiger partial charge in [0.2, 0.25) is 0 Å². The third-order valence-electron chi connectivity index (χ3n) is 3.72. The second kappa shape index (κ2) is 8.46. The summed E-state index contributed by atoms with van der Waals surface area (Å²) in [5.74, 6) is -0.0999. The minimum absolute atomic E-state index is 0.335. The second-order valence-corrected chi connectivity index (χ2v) is 7.29. The zero-order valence-corrected chi connectivity index (χ0v) is 15.8. The molecule has 0 fully saturated rings. The first-order valence-corrected chi connectivity index (χ1v) is 9.16. The Labute approximate surface area is 161 Å². The third kappa shape index (κ3) is 5.15. The van der Waals surface area contributed by atoms with Crippen molar-refractivity contribution in [2.45, 2.75) is 20.4 Å². The molecule has 1 aromatic carbocycles. The summed E-state index contributed by atoms with van der Waals surface area (Å²) in [4.78, 5) is 30.2. The lowest BCUT2D eigenvalue weighted by atomic mass is 10.2. The van der Waals surface area contributed by atoms with Crippen LogP contribution in [0.15, 0.2) is 54.9 Å². The lowest BCUT2D eigenvalue weighted by Gasteiger charge is -2.11. The maximum Gasteiger partial charge on any atom is 0.313 e. The van der Waals surface area contributed by atoms with Crippen molar-refractivity contribution in [1.82, 2.24) is 10.3 Å². The van der Waals surface area contributed by atoms with Gasteiger partial charge >= 0.3 is 11.8 Å². The Kier molecular flexibility index (Phi) is 5.83. The van der Waals surface area contributed by atoms with E-state index in [9.17, 15) is 9.59 Å². The van der Waals surface area contributed by atoms with Crippen molar-refractivity contribution in [2.75, 3.05) is 5.32 Å². The van der Waals surface area contributed by atoms with Crippen LogP contribution in [-0.4, -0.2) is 16.8 Å². The SMILES string of the molecule is Cc1ccc(CNC(=O)C(=O)Nc2ccc(Oc3cccnc3)c(C)c2)s1. The van der Waals surface area contributed by atoms with Gasteiger partial charge in [-0.2, -0.15) is 0 Å². The number of benzene rings is 1. The van der Waals surface area contributed by atoms with Crippen molar-refractivity contribution in [3.05, 3.63) is 70.2 Å². The summed E-state index contributed by atoms with van der Waals surface area (Å²) >= 11 is 1.58. The largest absolute Gasteiger partial charge is 0.455 e. The third-order valence-corrected chi connectivity index (χ3v) is 4.72. The Morgan fingerprint density at radius 3 is 2.63 bits per heavy atom. The zero-order valence-electron chi connectivity index (χ0n) is 15.0. The molecule has 0 spiro atoms. The molecule has 0 saturated carbocycles. The topological polar surface area (TPSA) is 80.3 Å². The number of hydrogen-bond acceptors (Lipinski definition) is 5. The number of carbonyl (C=O) groups is 2. The van der Waals surface area contributed by atoms with E-state index in [-0.39, 0.29) is 0 Å². The summed E-state index contributed by atoms with van der Waals surface area (Å²) in [6, 6.07) is 12.7. The Balaban J connectivity index is 1.57. The van der Waals surface area contributed by atoms with E-state index in [2.05, 4.69) is 15.6 Å². The van der Waals surface area contributed by atoms with E-state index < -0.39 is 11.8 Å². The minimum atomic E-state index is -0.705. The molecule has 2 N–H and O–H groups in total. The molecule has 0 unspecified atom stereocenters. The van der Waals surface area contributed by atoms with Crippen LogP contribution in [0.5, 0.6) is 11.5 Å². The van der Waals surface area contributed by atoms with Crippen LogP contribution in [0.4, 0.5) is 5.69 Å². The van der Waals surface area contributed by atoms with Crippen molar-refractivity contribution in [1.29, 1.82) is 0 Å². The van der Waals surface area contributed by atoms with Gasteiger partial charge in [0.15, 0.2) is 0 Å². The molecule has 7 heteroatoms. The average Bonchev–Trinajstić information content (AvgIpc) is 3.08. The highest BCUT2D eigenvalue weighted by Gasteiger charge is 2.14. The molecule has 6 nitrogen and oxygen atoms in total. The molecule has 27 heavy (non-hydrogen) atoms. The van der Waals surface area contributed by atoms with Gasteiger partial charge in [-0.3, -0.25) is 14.6 Å². The highest BCUT2D eigenvalue weighted by Crippen LogP contribution is 2.26. The first-order chi connectivity index (χ1) is 13.0. The molecular formula is C20H19N3O3S. The van der Waals surface area contributed by atoms with E-state index in [1.165, 1.54) is 0 Å². The average molecular weight is 381 g/mol. The Bertz CT molecular complexity index is 954. The molecule has 138 valence electrons. The number of thiophene rings is 1. The highest BCUT2D eigenvalue weighted by molar-refractivity contribution is 7.11. The van der Waals surface area contributed by atoms with Crippen LogP contribution in [-0.2, 0) is 16.1 Å². The highest BCUT2D eigenvalue weighted by atomic mass is 32.1. The standard InChI is InChI=1S/C20H19N3O3S/c1-13-10-15(6-8-18(13)26-16-4-3-9-21-11-16)23-20(25)19(24)22-12-17-7-5-14(2)27-17/h3-11H,12H2,1-2H3,(H,22,24)(H,23,25). The van der Waals surface area contributed by atoms with Gasteiger partial charge in [0.25, 0.3) is 0 Å². The predicted octanol–water partition coefficient (Wildman–Crippen LogP) is 3.81. The fourth-order valence-corrected chi connectivity index (χ4v) is 3.22. The molecule has 3 rings (SSSR count). The van der Waals surface area contributed by atoms with Gasteiger partial charge in [-0.15, -0.1) is 11.3 Å². The van der Waals surface area contributed by atoms with E-state index in [1.54, 1.807) is 48.0 Å². The number of anilines is 1. The summed E-state index contributed by atoms with van der Waals surface area (Å²) in [6.45, 7) is 4.19. The maximum atomic E-state index is 12.1. The molecule has 0 aliphatic heterocycles. The van der Waals surface area contributed by atoms with Gasteiger partial charge < -0.3 is 15.4 Å². The molecule has 3 aromatic rings. The fraction of sp³-hybridized carbons (Fsp3) is 0.150. The van der Waals surface area contributed by atoms with E-state index in [0.29, 0.717) is 23.7 Å². The number of nitrogens with one attached hydrogen (secondary N) is 2. The summed E-state index contributed by atoms with van der Waals surface area (Å²) in [5, 5.41) is 5.22. The molecule has 2 heterocycles.